The van der Waals surface area contributed by atoms with Crippen LogP contribution < -0.4 is 10.5 Å². The highest BCUT2D eigenvalue weighted by Gasteiger charge is 2.27. The lowest BCUT2D eigenvalue weighted by Gasteiger charge is -2.26. The molecule has 0 aliphatic heterocycles. The highest BCUT2D eigenvalue weighted by Crippen LogP contribution is 2.29. The first-order chi connectivity index (χ1) is 12.9. The Kier molecular flexibility index (Phi) is 5.75. The second kappa shape index (κ2) is 8.05. The number of nitrogens with one attached hydrogen (secondary N) is 1. The number of aryl methyl sites for hydroxylation is 2. The van der Waals surface area contributed by atoms with Crippen molar-refractivity contribution in [3.05, 3.63) is 101 Å². The van der Waals surface area contributed by atoms with Crippen molar-refractivity contribution in [2.45, 2.75) is 30.8 Å². The Morgan fingerprint density at radius 3 is 1.78 bits per heavy atom. The molecule has 0 bridgehead atoms. The zero-order chi connectivity index (χ0) is 19.4. The molecule has 0 aromatic heterocycles. The van der Waals surface area contributed by atoms with Gasteiger partial charge in [0.2, 0.25) is 10.0 Å². The molecule has 0 radical (unpaired) electrons. The molecule has 3 N–H and O–H groups in total. The maximum atomic E-state index is 13.1. The second-order valence-electron chi connectivity index (χ2n) is 6.77. The van der Waals surface area contributed by atoms with E-state index in [1.165, 1.54) is 0 Å². The lowest BCUT2D eigenvalue weighted by Crippen LogP contribution is -2.36. The van der Waals surface area contributed by atoms with Crippen LogP contribution in [0.5, 0.6) is 0 Å². The van der Waals surface area contributed by atoms with E-state index in [2.05, 4.69) is 4.72 Å². The topological polar surface area (TPSA) is 72.2 Å². The number of hydrogen-bond donors (Lipinski definition) is 2. The van der Waals surface area contributed by atoms with Crippen LogP contribution in [-0.2, 0) is 10.0 Å². The van der Waals surface area contributed by atoms with Crippen LogP contribution >= 0.6 is 0 Å². The van der Waals surface area contributed by atoms with E-state index in [1.807, 2.05) is 80.6 Å². The van der Waals surface area contributed by atoms with E-state index in [4.69, 9.17) is 5.73 Å². The molecule has 0 saturated carbocycles. The maximum absolute atomic E-state index is 13.1. The van der Waals surface area contributed by atoms with Crippen molar-refractivity contribution in [3.8, 4) is 0 Å². The molecule has 0 heterocycles. The van der Waals surface area contributed by atoms with Gasteiger partial charge in [0.05, 0.1) is 17.0 Å². The summed E-state index contributed by atoms with van der Waals surface area (Å²) in [5.41, 5.74) is 9.98. The van der Waals surface area contributed by atoms with Gasteiger partial charge in [0.1, 0.15) is 0 Å². The van der Waals surface area contributed by atoms with Gasteiger partial charge in [0, 0.05) is 0 Å². The molecule has 3 rings (SSSR count). The van der Waals surface area contributed by atoms with Gasteiger partial charge in [-0.05, 0) is 48.2 Å². The van der Waals surface area contributed by atoms with Gasteiger partial charge >= 0.3 is 0 Å². The summed E-state index contributed by atoms with van der Waals surface area (Å²) in [6.07, 6.45) is 0. The van der Waals surface area contributed by atoms with Gasteiger partial charge in [-0.3, -0.25) is 0 Å². The molecule has 140 valence electrons. The van der Waals surface area contributed by atoms with Gasteiger partial charge in [-0.15, -0.1) is 0 Å². The molecule has 0 unspecified atom stereocenters. The first-order valence-corrected chi connectivity index (χ1v) is 10.3. The molecule has 0 aliphatic rings. The van der Waals surface area contributed by atoms with E-state index < -0.39 is 22.1 Å². The lowest BCUT2D eigenvalue weighted by molar-refractivity contribution is 0.504. The van der Waals surface area contributed by atoms with Crippen LogP contribution in [0.15, 0.2) is 83.8 Å². The van der Waals surface area contributed by atoms with Crippen LogP contribution in [-0.4, -0.2) is 8.42 Å². The average Bonchev–Trinajstić information content (AvgIpc) is 2.66. The number of hydrogen-bond acceptors (Lipinski definition) is 3. The first-order valence-electron chi connectivity index (χ1n) is 8.83. The van der Waals surface area contributed by atoms with Crippen molar-refractivity contribution >= 4 is 10.0 Å². The molecule has 2 atom stereocenters. The monoisotopic (exact) mass is 380 g/mol. The fourth-order valence-corrected chi connectivity index (χ4v) is 4.64. The number of nitrogens with two attached hydrogens (primary N) is 1. The largest absolute Gasteiger partial charge is 0.322 e. The highest BCUT2D eigenvalue weighted by atomic mass is 32.2. The molecule has 0 fully saturated rings. The number of rotatable bonds is 6. The van der Waals surface area contributed by atoms with E-state index in [-0.39, 0.29) is 4.90 Å². The summed E-state index contributed by atoms with van der Waals surface area (Å²) in [4.78, 5) is 0.251. The minimum atomic E-state index is -3.74. The normalized spacial score (nSPS) is 13.9. The highest BCUT2D eigenvalue weighted by molar-refractivity contribution is 7.89. The van der Waals surface area contributed by atoms with Crippen molar-refractivity contribution in [3.63, 3.8) is 0 Å². The number of benzene rings is 3. The van der Waals surface area contributed by atoms with Gasteiger partial charge in [0.25, 0.3) is 0 Å². The van der Waals surface area contributed by atoms with Crippen LogP contribution in [0.25, 0.3) is 0 Å². The van der Waals surface area contributed by atoms with E-state index in [0.717, 1.165) is 22.3 Å². The average molecular weight is 381 g/mol. The third kappa shape index (κ3) is 4.63. The summed E-state index contributed by atoms with van der Waals surface area (Å²) >= 11 is 0. The van der Waals surface area contributed by atoms with Gasteiger partial charge in [-0.1, -0.05) is 66.7 Å². The molecule has 0 aliphatic carbocycles. The van der Waals surface area contributed by atoms with Gasteiger partial charge in [0.15, 0.2) is 0 Å². The second-order valence-corrected chi connectivity index (χ2v) is 8.48. The van der Waals surface area contributed by atoms with Crippen LogP contribution in [0.1, 0.15) is 34.3 Å². The Morgan fingerprint density at radius 2 is 1.26 bits per heavy atom. The Balaban J connectivity index is 2.01. The Bertz CT molecular complexity index is 983. The lowest BCUT2D eigenvalue weighted by atomic mass is 9.95. The number of sulfonamides is 1. The van der Waals surface area contributed by atoms with Crippen molar-refractivity contribution in [1.29, 1.82) is 0 Å². The van der Waals surface area contributed by atoms with E-state index in [9.17, 15) is 8.42 Å². The molecule has 27 heavy (non-hydrogen) atoms. The van der Waals surface area contributed by atoms with E-state index in [1.54, 1.807) is 12.1 Å². The Hall–Kier alpha value is -2.47. The maximum Gasteiger partial charge on any atom is 0.241 e. The third-order valence-electron chi connectivity index (χ3n) is 4.49. The Morgan fingerprint density at radius 1 is 0.778 bits per heavy atom. The smallest absolute Gasteiger partial charge is 0.241 e. The minimum absolute atomic E-state index is 0.251. The fourth-order valence-electron chi connectivity index (χ4n) is 3.20. The summed E-state index contributed by atoms with van der Waals surface area (Å²) in [5, 5.41) is 0. The molecule has 4 nitrogen and oxygen atoms in total. The third-order valence-corrected chi connectivity index (χ3v) is 5.91. The van der Waals surface area contributed by atoms with Crippen molar-refractivity contribution in [2.24, 2.45) is 5.73 Å². The molecule has 3 aromatic carbocycles. The fraction of sp³-hybridized carbons (Fsp3) is 0.182. The van der Waals surface area contributed by atoms with Crippen LogP contribution in [0, 0.1) is 13.8 Å². The zero-order valence-corrected chi connectivity index (χ0v) is 16.3. The standard InChI is InChI=1S/C22H24N2O2S/c1-16-13-17(2)15-20(14-16)27(25,26)24-22(19-11-7-4-8-12-19)21(23)18-9-5-3-6-10-18/h3-15,21-22,24H,23H2,1-2H3/t21-,22-/m1/s1. The predicted octanol–water partition coefficient (Wildman–Crippen LogP) is 4.02. The van der Waals surface area contributed by atoms with Crippen molar-refractivity contribution < 1.29 is 8.42 Å². The predicted molar refractivity (Wildman–Crippen MR) is 109 cm³/mol. The molecule has 3 aromatic rings. The molecule has 5 heteroatoms. The molecular formula is C22H24N2O2S. The Labute approximate surface area is 161 Å². The van der Waals surface area contributed by atoms with E-state index in [0.29, 0.717) is 0 Å². The van der Waals surface area contributed by atoms with Crippen molar-refractivity contribution in [1.82, 2.24) is 4.72 Å². The quantitative estimate of drug-likeness (QED) is 0.678. The SMILES string of the molecule is Cc1cc(C)cc(S(=O)(=O)N[C@H](c2ccccc2)[C@H](N)c2ccccc2)c1. The van der Waals surface area contributed by atoms with Gasteiger partial charge in [-0.25, -0.2) is 13.1 Å². The summed E-state index contributed by atoms with van der Waals surface area (Å²) in [5.74, 6) is 0. The molecule has 0 amide bonds. The summed E-state index contributed by atoms with van der Waals surface area (Å²) in [6, 6.07) is 23.1. The summed E-state index contributed by atoms with van der Waals surface area (Å²) < 4.78 is 29.0. The molecule has 0 spiro atoms. The first kappa shape index (κ1) is 19.3. The van der Waals surface area contributed by atoms with E-state index >= 15 is 0 Å². The van der Waals surface area contributed by atoms with Gasteiger partial charge < -0.3 is 5.73 Å². The van der Waals surface area contributed by atoms with Crippen LogP contribution in [0.4, 0.5) is 0 Å². The van der Waals surface area contributed by atoms with Crippen LogP contribution in [0.2, 0.25) is 0 Å². The van der Waals surface area contributed by atoms with Crippen molar-refractivity contribution in [2.75, 3.05) is 0 Å². The minimum Gasteiger partial charge on any atom is -0.322 e. The molecule has 0 saturated heterocycles. The van der Waals surface area contributed by atoms with Gasteiger partial charge in [-0.2, -0.15) is 0 Å². The summed E-state index contributed by atoms with van der Waals surface area (Å²) in [7, 11) is -3.74. The van der Waals surface area contributed by atoms with Crippen LogP contribution in [0.3, 0.4) is 0 Å². The zero-order valence-electron chi connectivity index (χ0n) is 15.5. The molecular weight excluding hydrogens is 356 g/mol. The summed E-state index contributed by atoms with van der Waals surface area (Å²) in [6.45, 7) is 3.77.